The fourth-order valence-corrected chi connectivity index (χ4v) is 4.90. The summed E-state index contributed by atoms with van der Waals surface area (Å²) in [4.78, 5) is 0. The molecule has 0 radical (unpaired) electrons. The predicted octanol–water partition coefficient (Wildman–Crippen LogP) is 7.84. The fraction of sp³-hybridized carbons (Fsp3) is 0. The lowest BCUT2D eigenvalue weighted by Gasteiger charge is -2.11. The van der Waals surface area contributed by atoms with E-state index >= 15 is 0 Å². The molecule has 7 aromatic rings. The third-order valence-electron chi connectivity index (χ3n) is 6.19. The molecule has 0 unspecified atom stereocenters. The first-order valence-electron chi connectivity index (χ1n) is 10.2. The second kappa shape index (κ2) is 5.74. The summed E-state index contributed by atoms with van der Waals surface area (Å²) in [6, 6.07) is 36.4. The van der Waals surface area contributed by atoms with Crippen molar-refractivity contribution in [2.75, 3.05) is 0 Å². The van der Waals surface area contributed by atoms with E-state index < -0.39 is 0 Å². The van der Waals surface area contributed by atoms with Crippen LogP contribution in [0.4, 0.5) is 0 Å². The van der Waals surface area contributed by atoms with Gasteiger partial charge in [0.25, 0.3) is 0 Å². The molecule has 7 rings (SSSR count). The number of nitrogens with zero attached hydrogens (tertiary/aromatic N) is 1. The standard InChI is InChI=1S/C28H17NO/c1-2-10-19-18(8-1)9-7-14-23(19)29-24-13-5-3-12-22(24)27-25(29)17-16-21-20-11-4-6-15-26(20)30-28(21)27/h1-17H. The molecule has 2 nitrogen and oxygen atoms in total. The van der Waals surface area contributed by atoms with Gasteiger partial charge in [0.15, 0.2) is 0 Å². The van der Waals surface area contributed by atoms with E-state index in [4.69, 9.17) is 4.42 Å². The lowest BCUT2D eigenvalue weighted by molar-refractivity contribution is 0.673. The van der Waals surface area contributed by atoms with Gasteiger partial charge < -0.3 is 8.98 Å². The van der Waals surface area contributed by atoms with E-state index in [9.17, 15) is 0 Å². The Morgan fingerprint density at radius 3 is 2.17 bits per heavy atom. The highest BCUT2D eigenvalue weighted by molar-refractivity contribution is 6.24. The Bertz CT molecular complexity index is 1740. The van der Waals surface area contributed by atoms with Crippen LogP contribution in [-0.2, 0) is 0 Å². The third-order valence-corrected chi connectivity index (χ3v) is 6.19. The quantitative estimate of drug-likeness (QED) is 0.282. The van der Waals surface area contributed by atoms with Crippen molar-refractivity contribution in [3.63, 3.8) is 0 Å². The van der Waals surface area contributed by atoms with Crippen molar-refractivity contribution in [1.82, 2.24) is 4.57 Å². The minimum absolute atomic E-state index is 0.932. The molecule has 2 aromatic heterocycles. The van der Waals surface area contributed by atoms with Gasteiger partial charge >= 0.3 is 0 Å². The van der Waals surface area contributed by atoms with E-state index in [1.807, 2.05) is 12.1 Å². The van der Waals surface area contributed by atoms with Crippen LogP contribution in [0, 0.1) is 0 Å². The molecule has 140 valence electrons. The summed E-state index contributed by atoms with van der Waals surface area (Å²) in [5.41, 5.74) is 5.44. The first-order valence-corrected chi connectivity index (χ1v) is 10.2. The van der Waals surface area contributed by atoms with E-state index in [1.165, 1.54) is 43.7 Å². The summed E-state index contributed by atoms with van der Waals surface area (Å²) in [6.07, 6.45) is 0. The molecule has 5 aromatic carbocycles. The van der Waals surface area contributed by atoms with Gasteiger partial charge in [-0.3, -0.25) is 0 Å². The largest absolute Gasteiger partial charge is 0.455 e. The van der Waals surface area contributed by atoms with Crippen LogP contribution >= 0.6 is 0 Å². The Labute approximate surface area is 172 Å². The predicted molar refractivity (Wildman–Crippen MR) is 126 cm³/mol. The molecule has 0 amide bonds. The van der Waals surface area contributed by atoms with Crippen LogP contribution in [-0.4, -0.2) is 4.57 Å². The van der Waals surface area contributed by atoms with E-state index in [1.54, 1.807) is 0 Å². The van der Waals surface area contributed by atoms with Crippen LogP contribution in [0.25, 0.3) is 60.2 Å². The topological polar surface area (TPSA) is 18.1 Å². The van der Waals surface area contributed by atoms with Gasteiger partial charge in [0, 0.05) is 21.5 Å². The molecule has 0 fully saturated rings. The van der Waals surface area contributed by atoms with E-state index in [0.29, 0.717) is 0 Å². The maximum Gasteiger partial charge on any atom is 0.145 e. The Morgan fingerprint density at radius 2 is 1.23 bits per heavy atom. The first kappa shape index (κ1) is 15.8. The van der Waals surface area contributed by atoms with Crippen LogP contribution in [0.2, 0.25) is 0 Å². The molecule has 0 saturated carbocycles. The molecular weight excluding hydrogens is 366 g/mol. The molecule has 2 heterocycles. The highest BCUT2D eigenvalue weighted by Gasteiger charge is 2.18. The summed E-state index contributed by atoms with van der Waals surface area (Å²) in [6.45, 7) is 0. The van der Waals surface area contributed by atoms with Gasteiger partial charge in [-0.2, -0.15) is 0 Å². The molecular formula is C28H17NO. The third kappa shape index (κ3) is 1.98. The van der Waals surface area contributed by atoms with Crippen molar-refractivity contribution in [2.45, 2.75) is 0 Å². The summed E-state index contributed by atoms with van der Waals surface area (Å²) in [5.74, 6) is 0. The van der Waals surface area contributed by atoms with Crippen LogP contribution in [0.5, 0.6) is 0 Å². The number of hydrogen-bond donors (Lipinski definition) is 0. The zero-order chi connectivity index (χ0) is 19.7. The van der Waals surface area contributed by atoms with Crippen molar-refractivity contribution in [3.8, 4) is 5.69 Å². The van der Waals surface area contributed by atoms with E-state index in [0.717, 1.165) is 16.6 Å². The molecule has 0 aliphatic heterocycles. The molecule has 0 spiro atoms. The smallest absolute Gasteiger partial charge is 0.145 e. The number of aromatic nitrogens is 1. The molecule has 2 heteroatoms. The minimum Gasteiger partial charge on any atom is -0.455 e. The van der Waals surface area contributed by atoms with Gasteiger partial charge in [-0.05, 0) is 35.7 Å². The molecule has 30 heavy (non-hydrogen) atoms. The normalized spacial score (nSPS) is 12.0. The Morgan fingerprint density at radius 1 is 0.500 bits per heavy atom. The first-order chi connectivity index (χ1) is 14.9. The van der Waals surface area contributed by atoms with Crippen LogP contribution in [0.1, 0.15) is 0 Å². The van der Waals surface area contributed by atoms with Crippen molar-refractivity contribution in [2.24, 2.45) is 0 Å². The summed E-state index contributed by atoms with van der Waals surface area (Å²) in [7, 11) is 0. The average Bonchev–Trinajstić information content (AvgIpc) is 3.34. The van der Waals surface area contributed by atoms with Gasteiger partial charge in [-0.1, -0.05) is 72.8 Å². The van der Waals surface area contributed by atoms with E-state index in [2.05, 4.69) is 95.6 Å². The molecule has 0 bridgehead atoms. The minimum atomic E-state index is 0.932. The van der Waals surface area contributed by atoms with Crippen molar-refractivity contribution >= 4 is 54.5 Å². The molecule has 0 aliphatic carbocycles. The maximum atomic E-state index is 6.40. The number of benzene rings is 5. The molecule has 0 atom stereocenters. The van der Waals surface area contributed by atoms with Crippen molar-refractivity contribution in [1.29, 1.82) is 0 Å². The lowest BCUT2D eigenvalue weighted by Crippen LogP contribution is -1.94. The van der Waals surface area contributed by atoms with Crippen LogP contribution in [0.15, 0.2) is 108 Å². The van der Waals surface area contributed by atoms with Crippen molar-refractivity contribution in [3.05, 3.63) is 103 Å². The van der Waals surface area contributed by atoms with Crippen LogP contribution in [0.3, 0.4) is 0 Å². The monoisotopic (exact) mass is 383 g/mol. The average molecular weight is 383 g/mol. The zero-order valence-corrected chi connectivity index (χ0v) is 16.2. The maximum absolute atomic E-state index is 6.40. The highest BCUT2D eigenvalue weighted by atomic mass is 16.3. The van der Waals surface area contributed by atoms with Gasteiger partial charge in [0.1, 0.15) is 11.2 Å². The van der Waals surface area contributed by atoms with Crippen LogP contribution < -0.4 is 0 Å². The second-order valence-corrected chi connectivity index (χ2v) is 7.79. The number of hydrogen-bond acceptors (Lipinski definition) is 1. The molecule has 0 aliphatic rings. The second-order valence-electron chi connectivity index (χ2n) is 7.79. The zero-order valence-electron chi connectivity index (χ0n) is 16.2. The highest BCUT2D eigenvalue weighted by Crippen LogP contribution is 2.41. The molecule has 0 N–H and O–H groups in total. The van der Waals surface area contributed by atoms with Gasteiger partial charge in [0.05, 0.1) is 22.1 Å². The van der Waals surface area contributed by atoms with Gasteiger partial charge in [-0.25, -0.2) is 0 Å². The Kier molecular flexibility index (Phi) is 3.03. The Balaban J connectivity index is 1.73. The number of para-hydroxylation sites is 2. The summed E-state index contributed by atoms with van der Waals surface area (Å²) in [5, 5.41) is 7.20. The SMILES string of the molecule is c1ccc2c(-n3c4ccccc4c4c5oc6ccccc6c5ccc43)cccc2c1. The number of fused-ring (bicyclic) bond motifs is 8. The Hall–Kier alpha value is -4.04. The summed E-state index contributed by atoms with van der Waals surface area (Å²) < 4.78 is 8.77. The van der Waals surface area contributed by atoms with Gasteiger partial charge in [0.2, 0.25) is 0 Å². The molecule has 0 saturated heterocycles. The van der Waals surface area contributed by atoms with Crippen molar-refractivity contribution < 1.29 is 4.42 Å². The fourth-order valence-electron chi connectivity index (χ4n) is 4.90. The summed E-state index contributed by atoms with van der Waals surface area (Å²) >= 11 is 0. The van der Waals surface area contributed by atoms with Gasteiger partial charge in [-0.15, -0.1) is 0 Å². The number of furan rings is 1. The van der Waals surface area contributed by atoms with E-state index in [-0.39, 0.29) is 0 Å². The lowest BCUT2D eigenvalue weighted by atomic mass is 10.1. The number of rotatable bonds is 1.